The Bertz CT molecular complexity index is 715. The van der Waals surface area contributed by atoms with Crippen molar-refractivity contribution in [3.8, 4) is 0 Å². The van der Waals surface area contributed by atoms with Crippen LogP contribution in [0.3, 0.4) is 0 Å². The first-order valence-electron chi connectivity index (χ1n) is 8.74. The van der Waals surface area contributed by atoms with Gasteiger partial charge in [0.05, 0.1) is 0 Å². The van der Waals surface area contributed by atoms with E-state index in [0.29, 0.717) is 11.4 Å². The van der Waals surface area contributed by atoms with Crippen LogP contribution < -0.4 is 5.32 Å². The fourth-order valence-corrected chi connectivity index (χ4v) is 4.16. The maximum atomic E-state index is 12.1. The molecule has 0 bridgehead atoms. The summed E-state index contributed by atoms with van der Waals surface area (Å²) in [6.45, 7) is 2.34. The molecule has 0 radical (unpaired) electrons. The fraction of sp³-hybridized carbons (Fsp3) is 0.400. The normalized spacial score (nSPS) is 14.4. The second kappa shape index (κ2) is 8.30. The molecule has 25 heavy (non-hydrogen) atoms. The highest BCUT2D eigenvalue weighted by Gasteiger charge is 2.19. The molecule has 0 saturated carbocycles. The number of amides is 1. The summed E-state index contributed by atoms with van der Waals surface area (Å²) >= 11 is 1.50. The van der Waals surface area contributed by atoms with E-state index in [-0.39, 0.29) is 18.4 Å². The molecule has 1 N–H and O–H groups in total. The number of aryl methyl sites for hydroxylation is 2. The van der Waals surface area contributed by atoms with Gasteiger partial charge in [0.1, 0.15) is 4.88 Å². The first kappa shape index (κ1) is 17.7. The van der Waals surface area contributed by atoms with Crippen LogP contribution in [0.1, 0.15) is 51.4 Å². The van der Waals surface area contributed by atoms with Gasteiger partial charge in [-0.3, -0.25) is 4.79 Å². The van der Waals surface area contributed by atoms with Gasteiger partial charge in [-0.15, -0.1) is 11.3 Å². The van der Waals surface area contributed by atoms with Crippen molar-refractivity contribution in [3.63, 3.8) is 0 Å². The van der Waals surface area contributed by atoms with Crippen LogP contribution in [0.2, 0.25) is 0 Å². The maximum Gasteiger partial charge on any atom is 0.348 e. The number of benzene rings is 1. The van der Waals surface area contributed by atoms with Crippen LogP contribution in [0.25, 0.3) is 0 Å². The van der Waals surface area contributed by atoms with E-state index in [9.17, 15) is 9.59 Å². The minimum Gasteiger partial charge on any atom is -0.451 e. The van der Waals surface area contributed by atoms with Crippen molar-refractivity contribution in [1.29, 1.82) is 0 Å². The van der Waals surface area contributed by atoms with E-state index >= 15 is 0 Å². The van der Waals surface area contributed by atoms with Crippen molar-refractivity contribution in [2.24, 2.45) is 0 Å². The zero-order chi connectivity index (χ0) is 17.6. The quantitative estimate of drug-likeness (QED) is 0.802. The summed E-state index contributed by atoms with van der Waals surface area (Å²) in [4.78, 5) is 26.0. The molecular formula is C20H23NO3S. The second-order valence-corrected chi connectivity index (χ2v) is 7.59. The Kier molecular flexibility index (Phi) is 5.87. The van der Waals surface area contributed by atoms with E-state index in [2.05, 4.69) is 12.2 Å². The Morgan fingerprint density at radius 2 is 1.96 bits per heavy atom. The molecule has 5 heteroatoms. The minimum absolute atomic E-state index is 0.213. The average Bonchev–Trinajstić information content (AvgIpc) is 3.09. The number of fused-ring (bicyclic) bond motifs is 1. The molecule has 0 spiro atoms. The van der Waals surface area contributed by atoms with Gasteiger partial charge in [0, 0.05) is 11.4 Å². The number of rotatable bonds is 6. The van der Waals surface area contributed by atoms with Crippen molar-refractivity contribution in [3.05, 3.63) is 57.3 Å². The van der Waals surface area contributed by atoms with Gasteiger partial charge >= 0.3 is 5.97 Å². The standard InChI is InChI=1S/C20H23NO3S/c1-14(15-7-3-2-4-8-15)12-21-19(22)13-24-20(23)18-11-16-9-5-6-10-17(16)25-18/h2-4,7-8,11,14H,5-6,9-10,12-13H2,1H3,(H,21,22)/t14-/m1/s1. The third-order valence-electron chi connectivity index (χ3n) is 4.51. The van der Waals surface area contributed by atoms with Crippen LogP contribution in [-0.2, 0) is 22.4 Å². The summed E-state index contributed by atoms with van der Waals surface area (Å²) in [6, 6.07) is 11.9. The van der Waals surface area contributed by atoms with Gasteiger partial charge in [-0.2, -0.15) is 0 Å². The third kappa shape index (κ3) is 4.69. The molecule has 1 heterocycles. The molecule has 1 amide bonds. The predicted molar refractivity (Wildman–Crippen MR) is 99.1 cm³/mol. The SMILES string of the molecule is C[C@H](CNC(=O)COC(=O)c1cc2c(s1)CCCC2)c1ccccc1. The van der Waals surface area contributed by atoms with Gasteiger partial charge in [-0.05, 0) is 48.8 Å². The molecule has 0 saturated heterocycles. The molecular weight excluding hydrogens is 334 g/mol. The first-order chi connectivity index (χ1) is 12.1. The number of thiophene rings is 1. The summed E-state index contributed by atoms with van der Waals surface area (Å²) in [6.07, 6.45) is 4.45. The molecule has 2 aromatic rings. The molecule has 0 fully saturated rings. The summed E-state index contributed by atoms with van der Waals surface area (Å²) in [5.41, 5.74) is 2.44. The smallest absolute Gasteiger partial charge is 0.348 e. The highest BCUT2D eigenvalue weighted by Crippen LogP contribution is 2.29. The van der Waals surface area contributed by atoms with Crippen LogP contribution in [0, 0.1) is 0 Å². The molecule has 0 unspecified atom stereocenters. The molecule has 132 valence electrons. The van der Waals surface area contributed by atoms with E-state index in [1.807, 2.05) is 36.4 Å². The number of hydrogen-bond donors (Lipinski definition) is 1. The van der Waals surface area contributed by atoms with Gasteiger partial charge in [-0.1, -0.05) is 37.3 Å². The lowest BCUT2D eigenvalue weighted by atomic mass is 9.99. The molecule has 4 nitrogen and oxygen atoms in total. The number of carbonyl (C=O) groups excluding carboxylic acids is 2. The molecule has 1 atom stereocenters. The van der Waals surface area contributed by atoms with E-state index in [4.69, 9.17) is 4.74 Å². The number of carbonyl (C=O) groups is 2. The van der Waals surface area contributed by atoms with Crippen LogP contribution in [0.5, 0.6) is 0 Å². The van der Waals surface area contributed by atoms with E-state index in [1.54, 1.807) is 0 Å². The Hall–Kier alpha value is -2.14. The number of nitrogens with one attached hydrogen (secondary N) is 1. The molecule has 3 rings (SSSR count). The lowest BCUT2D eigenvalue weighted by Gasteiger charge is -2.13. The van der Waals surface area contributed by atoms with Crippen LogP contribution in [0.4, 0.5) is 0 Å². The maximum absolute atomic E-state index is 12.1. The second-order valence-electron chi connectivity index (χ2n) is 6.46. The van der Waals surface area contributed by atoms with Gasteiger partial charge in [-0.25, -0.2) is 4.79 Å². The van der Waals surface area contributed by atoms with Gasteiger partial charge in [0.15, 0.2) is 6.61 Å². The van der Waals surface area contributed by atoms with Crippen molar-refractivity contribution in [1.82, 2.24) is 5.32 Å². The molecule has 1 aliphatic carbocycles. The summed E-state index contributed by atoms with van der Waals surface area (Å²) in [7, 11) is 0. The van der Waals surface area contributed by atoms with Crippen molar-refractivity contribution >= 4 is 23.2 Å². The largest absolute Gasteiger partial charge is 0.451 e. The molecule has 1 aromatic heterocycles. The number of ether oxygens (including phenoxy) is 1. The fourth-order valence-electron chi connectivity index (χ4n) is 3.01. The average molecular weight is 357 g/mol. The number of esters is 1. The molecule has 1 aromatic carbocycles. The van der Waals surface area contributed by atoms with Gasteiger partial charge < -0.3 is 10.1 Å². The predicted octanol–water partition coefficient (Wildman–Crippen LogP) is 3.70. The van der Waals surface area contributed by atoms with E-state index < -0.39 is 5.97 Å². The highest BCUT2D eigenvalue weighted by atomic mass is 32.1. The zero-order valence-electron chi connectivity index (χ0n) is 14.4. The van der Waals surface area contributed by atoms with Crippen molar-refractivity contribution in [2.45, 2.75) is 38.5 Å². The Balaban J connectivity index is 1.44. The summed E-state index contributed by atoms with van der Waals surface area (Å²) < 4.78 is 5.17. The first-order valence-corrected chi connectivity index (χ1v) is 9.55. The highest BCUT2D eigenvalue weighted by molar-refractivity contribution is 7.14. The number of hydrogen-bond acceptors (Lipinski definition) is 4. The van der Waals surface area contributed by atoms with E-state index in [1.165, 1.54) is 40.2 Å². The zero-order valence-corrected chi connectivity index (χ0v) is 15.2. The Morgan fingerprint density at radius 3 is 2.72 bits per heavy atom. The van der Waals surface area contributed by atoms with E-state index in [0.717, 1.165) is 12.8 Å². The topological polar surface area (TPSA) is 55.4 Å². The summed E-state index contributed by atoms with van der Waals surface area (Å²) in [5.74, 6) is -0.451. The Morgan fingerprint density at radius 1 is 1.20 bits per heavy atom. The molecule has 0 aliphatic heterocycles. The lowest BCUT2D eigenvalue weighted by Crippen LogP contribution is -2.31. The van der Waals surface area contributed by atoms with Crippen LogP contribution >= 0.6 is 11.3 Å². The minimum atomic E-state index is -0.398. The van der Waals surface area contributed by atoms with Crippen molar-refractivity contribution < 1.29 is 14.3 Å². The van der Waals surface area contributed by atoms with Crippen molar-refractivity contribution in [2.75, 3.05) is 13.2 Å². The van der Waals surface area contributed by atoms with Gasteiger partial charge in [0.2, 0.25) is 0 Å². The lowest BCUT2D eigenvalue weighted by molar-refractivity contribution is -0.124. The van der Waals surface area contributed by atoms with Crippen LogP contribution in [0.15, 0.2) is 36.4 Å². The van der Waals surface area contributed by atoms with Crippen LogP contribution in [-0.4, -0.2) is 25.0 Å². The van der Waals surface area contributed by atoms with Gasteiger partial charge in [0.25, 0.3) is 5.91 Å². The Labute approximate surface area is 152 Å². The monoisotopic (exact) mass is 357 g/mol. The third-order valence-corrected chi connectivity index (χ3v) is 5.72. The summed E-state index contributed by atoms with van der Waals surface area (Å²) in [5, 5.41) is 2.82. The molecule has 1 aliphatic rings.